The van der Waals surface area contributed by atoms with Crippen molar-refractivity contribution in [2.75, 3.05) is 38.3 Å². The molecule has 1 saturated heterocycles. The summed E-state index contributed by atoms with van der Waals surface area (Å²) in [5.41, 5.74) is 1.42. The van der Waals surface area contributed by atoms with Gasteiger partial charge in [0.1, 0.15) is 10.9 Å². The van der Waals surface area contributed by atoms with Crippen molar-refractivity contribution in [2.45, 2.75) is 52.0 Å². The van der Waals surface area contributed by atoms with Crippen LogP contribution in [0.1, 0.15) is 55.6 Å². The molecule has 2 fully saturated rings. The Morgan fingerprint density at radius 3 is 2.39 bits per heavy atom. The number of amides is 2. The summed E-state index contributed by atoms with van der Waals surface area (Å²) in [4.78, 5) is 45.5. The number of carbonyl (C=O) groups is 3. The smallest absolute Gasteiger partial charge is 0.350 e. The van der Waals surface area contributed by atoms with Crippen LogP contribution in [-0.2, 0) is 19.1 Å². The fraction of sp³-hybridized carbons (Fsp3) is 0.536. The van der Waals surface area contributed by atoms with Crippen LogP contribution in [0.3, 0.4) is 0 Å². The van der Waals surface area contributed by atoms with E-state index in [9.17, 15) is 14.4 Å². The monoisotopic (exact) mass is 512 g/mol. The molecule has 0 radical (unpaired) electrons. The molecular formula is C28H36N2O5S. The summed E-state index contributed by atoms with van der Waals surface area (Å²) < 4.78 is 10.6. The maximum Gasteiger partial charge on any atom is 0.350 e. The van der Waals surface area contributed by atoms with Crippen molar-refractivity contribution < 1.29 is 23.9 Å². The van der Waals surface area contributed by atoms with Gasteiger partial charge in [0.15, 0.2) is 0 Å². The van der Waals surface area contributed by atoms with E-state index >= 15 is 0 Å². The molecule has 7 nitrogen and oxygen atoms in total. The van der Waals surface area contributed by atoms with E-state index in [4.69, 9.17) is 9.47 Å². The average Bonchev–Trinajstić information content (AvgIpc) is 3.37. The van der Waals surface area contributed by atoms with Gasteiger partial charge in [0.25, 0.3) is 0 Å². The minimum atomic E-state index is -0.698. The number of carbonyl (C=O) groups excluding carboxylic acids is 3. The van der Waals surface area contributed by atoms with Gasteiger partial charge in [0.05, 0.1) is 26.0 Å². The topological polar surface area (TPSA) is 76.2 Å². The molecule has 2 amide bonds. The highest BCUT2D eigenvalue weighted by molar-refractivity contribution is 7.18. The number of ether oxygens (including phenoxy) is 2. The van der Waals surface area contributed by atoms with Crippen molar-refractivity contribution in [2.24, 2.45) is 11.8 Å². The highest BCUT2D eigenvalue weighted by Crippen LogP contribution is 2.40. The fourth-order valence-corrected chi connectivity index (χ4v) is 6.22. The zero-order valence-electron chi connectivity index (χ0n) is 21.4. The number of morpholine rings is 1. The maximum atomic E-state index is 14.2. The molecule has 0 bridgehead atoms. The zero-order valence-corrected chi connectivity index (χ0v) is 22.2. The Balaban J connectivity index is 1.79. The first-order valence-electron chi connectivity index (χ1n) is 12.9. The number of hydrogen-bond donors (Lipinski definition) is 0. The molecule has 8 heteroatoms. The molecule has 0 spiro atoms. The van der Waals surface area contributed by atoms with Gasteiger partial charge >= 0.3 is 5.97 Å². The number of esters is 1. The van der Waals surface area contributed by atoms with E-state index in [1.165, 1.54) is 18.4 Å². The number of benzene rings is 1. The summed E-state index contributed by atoms with van der Waals surface area (Å²) in [7, 11) is 1.35. The molecular weight excluding hydrogens is 476 g/mol. The van der Waals surface area contributed by atoms with Crippen LogP contribution in [0.2, 0.25) is 0 Å². The van der Waals surface area contributed by atoms with Crippen molar-refractivity contribution in [1.29, 1.82) is 0 Å². The quantitative estimate of drug-likeness (QED) is 0.488. The number of nitrogens with zero attached hydrogens (tertiary/aromatic N) is 2. The Bertz CT molecular complexity index is 1060. The number of rotatable bonds is 7. The van der Waals surface area contributed by atoms with Gasteiger partial charge in [-0.25, -0.2) is 4.79 Å². The van der Waals surface area contributed by atoms with Crippen molar-refractivity contribution in [3.05, 3.63) is 41.3 Å². The van der Waals surface area contributed by atoms with Gasteiger partial charge in [-0.05, 0) is 49.7 Å². The van der Waals surface area contributed by atoms with Crippen LogP contribution in [0.4, 0.5) is 5.69 Å². The van der Waals surface area contributed by atoms with Gasteiger partial charge in [0.2, 0.25) is 11.8 Å². The molecule has 1 aliphatic carbocycles. The van der Waals surface area contributed by atoms with Crippen molar-refractivity contribution in [1.82, 2.24) is 4.90 Å². The number of anilines is 1. The van der Waals surface area contributed by atoms with Crippen LogP contribution in [0.25, 0.3) is 10.4 Å². The molecule has 1 atom stereocenters. The van der Waals surface area contributed by atoms with E-state index in [2.05, 4.69) is 6.92 Å². The van der Waals surface area contributed by atoms with Crippen LogP contribution in [0.15, 0.2) is 36.4 Å². The lowest BCUT2D eigenvalue weighted by atomic mass is 9.82. The largest absolute Gasteiger partial charge is 0.465 e. The Morgan fingerprint density at radius 1 is 1.11 bits per heavy atom. The molecule has 36 heavy (non-hydrogen) atoms. The SMILES string of the molecule is CCC(C(=O)N1CCOCC1)N(C(=O)C1CCC(C)CC1)c1cc(-c2ccccc2)sc1C(=O)OC. The second-order valence-electron chi connectivity index (χ2n) is 9.71. The molecule has 194 valence electrons. The van der Waals surface area contributed by atoms with Crippen LogP contribution < -0.4 is 4.90 Å². The van der Waals surface area contributed by atoms with Crippen molar-refractivity contribution >= 4 is 34.8 Å². The molecule has 0 N–H and O–H groups in total. The molecule has 1 unspecified atom stereocenters. The van der Waals surface area contributed by atoms with Crippen LogP contribution in [0, 0.1) is 11.8 Å². The first kappa shape index (κ1) is 26.4. The summed E-state index contributed by atoms with van der Waals surface area (Å²) in [5.74, 6) is -0.241. The third kappa shape index (κ3) is 5.65. The molecule has 2 aliphatic rings. The van der Waals surface area contributed by atoms with Crippen LogP contribution >= 0.6 is 11.3 Å². The molecule has 2 heterocycles. The third-order valence-corrected chi connectivity index (χ3v) is 8.46. The standard InChI is InChI=1S/C28H36N2O5S/c1-4-22(27(32)29-14-16-35-17-15-29)30(26(31)21-12-10-19(2)11-13-21)23-18-24(20-8-6-5-7-9-20)36-25(23)28(33)34-3/h5-9,18-19,21-22H,4,10-17H2,1-3H3. The lowest BCUT2D eigenvalue weighted by Gasteiger charge is -2.38. The van der Waals surface area contributed by atoms with E-state index in [1.54, 1.807) is 9.80 Å². The summed E-state index contributed by atoms with van der Waals surface area (Å²) >= 11 is 1.30. The number of hydrogen-bond acceptors (Lipinski definition) is 6. The first-order chi connectivity index (χ1) is 17.4. The van der Waals surface area contributed by atoms with Crippen molar-refractivity contribution in [3.63, 3.8) is 0 Å². The predicted molar refractivity (Wildman–Crippen MR) is 141 cm³/mol. The van der Waals surface area contributed by atoms with E-state index < -0.39 is 12.0 Å². The van der Waals surface area contributed by atoms with E-state index in [0.717, 1.165) is 36.1 Å². The number of methoxy groups -OCH3 is 1. The minimum Gasteiger partial charge on any atom is -0.465 e. The first-order valence-corrected chi connectivity index (χ1v) is 13.7. The Labute approximate surface area is 217 Å². The van der Waals surface area contributed by atoms with E-state index in [-0.39, 0.29) is 17.7 Å². The lowest BCUT2D eigenvalue weighted by Crippen LogP contribution is -2.55. The molecule has 1 aromatic carbocycles. The average molecular weight is 513 g/mol. The minimum absolute atomic E-state index is 0.0714. The van der Waals surface area contributed by atoms with Crippen LogP contribution in [-0.4, -0.2) is 62.1 Å². The van der Waals surface area contributed by atoms with E-state index in [0.29, 0.717) is 49.2 Å². The summed E-state index contributed by atoms with van der Waals surface area (Å²) in [6.45, 7) is 6.12. The Kier molecular flexibility index (Phi) is 8.80. The fourth-order valence-electron chi connectivity index (χ4n) is 5.15. The van der Waals surface area contributed by atoms with Crippen molar-refractivity contribution in [3.8, 4) is 10.4 Å². The summed E-state index contributed by atoms with van der Waals surface area (Å²) in [5, 5.41) is 0. The van der Waals surface area contributed by atoms with Gasteiger partial charge in [-0.15, -0.1) is 11.3 Å². The Hall–Kier alpha value is -2.71. The van der Waals surface area contributed by atoms with Gasteiger partial charge in [0, 0.05) is 23.9 Å². The Morgan fingerprint density at radius 2 is 1.78 bits per heavy atom. The summed E-state index contributed by atoms with van der Waals surface area (Å²) in [6, 6.07) is 10.9. The van der Waals surface area contributed by atoms with Gasteiger partial charge in [-0.2, -0.15) is 0 Å². The molecule has 2 aromatic rings. The number of thiophene rings is 1. The summed E-state index contributed by atoms with van der Waals surface area (Å²) in [6.07, 6.45) is 4.01. The normalized spacial score (nSPS) is 21.0. The second kappa shape index (κ2) is 12.0. The highest BCUT2D eigenvalue weighted by Gasteiger charge is 2.40. The third-order valence-electron chi connectivity index (χ3n) is 7.31. The van der Waals surface area contributed by atoms with Gasteiger partial charge in [-0.1, -0.05) is 44.2 Å². The maximum absolute atomic E-state index is 14.2. The van der Waals surface area contributed by atoms with Gasteiger partial charge in [-0.3, -0.25) is 14.5 Å². The molecule has 1 aromatic heterocycles. The van der Waals surface area contributed by atoms with E-state index in [1.807, 2.05) is 43.3 Å². The second-order valence-corrected chi connectivity index (χ2v) is 10.8. The van der Waals surface area contributed by atoms with Crippen LogP contribution in [0.5, 0.6) is 0 Å². The lowest BCUT2D eigenvalue weighted by molar-refractivity contribution is -0.139. The molecule has 4 rings (SSSR count). The van der Waals surface area contributed by atoms with Gasteiger partial charge < -0.3 is 14.4 Å². The zero-order chi connectivity index (χ0) is 25.7. The highest BCUT2D eigenvalue weighted by atomic mass is 32.1. The predicted octanol–water partition coefficient (Wildman–Crippen LogP) is 5.00. The molecule has 1 saturated carbocycles. The molecule has 1 aliphatic heterocycles.